The molecule has 2 atom stereocenters. The average Bonchev–Trinajstić information content (AvgIpc) is 3.33. The van der Waals surface area contributed by atoms with E-state index < -0.39 is 0 Å². The molecule has 2 aromatic carbocycles. The molecular weight excluding hydrogens is 495 g/mol. The normalized spacial score (nSPS) is 21.3. The molecule has 2 bridgehead atoms. The predicted molar refractivity (Wildman–Crippen MR) is 147 cm³/mol. The molecule has 0 saturated carbocycles. The Kier molecular flexibility index (Phi) is 7.98. The number of piperidine rings is 2. The Bertz CT molecular complexity index is 1330. The molecule has 8 heteroatoms. The van der Waals surface area contributed by atoms with Gasteiger partial charge in [-0.1, -0.05) is 24.6 Å². The van der Waals surface area contributed by atoms with Crippen LogP contribution in [0.1, 0.15) is 53.9 Å². The molecule has 36 heavy (non-hydrogen) atoms. The number of carbonyl (C=O) groups excluding carboxylic acids is 1. The van der Waals surface area contributed by atoms with Crippen molar-refractivity contribution in [1.82, 2.24) is 14.9 Å². The number of anilines is 1. The predicted octanol–water partition coefficient (Wildman–Crippen LogP) is 6.72. The number of amides is 1. The lowest BCUT2D eigenvalue weighted by Crippen LogP contribution is -2.49. The van der Waals surface area contributed by atoms with Crippen molar-refractivity contribution in [3.8, 4) is 11.1 Å². The summed E-state index contributed by atoms with van der Waals surface area (Å²) in [6.45, 7) is 0. The maximum absolute atomic E-state index is 13.4. The van der Waals surface area contributed by atoms with Crippen molar-refractivity contribution in [2.45, 2.75) is 50.1 Å². The van der Waals surface area contributed by atoms with E-state index in [1.807, 2.05) is 42.7 Å². The van der Waals surface area contributed by atoms with E-state index in [-0.39, 0.29) is 30.7 Å². The summed E-state index contributed by atoms with van der Waals surface area (Å²) in [5.74, 6) is 0.276. The standard InChI is InChI=1S/C28H28N4O2.2ClH/c1-32-20-5-2-6-21(32)16-19(15-20)22-7-3-9-24(26(22)18-11-13-29-14-12-18)31-28(33)23-8-4-10-25-27(23)30-17-34-25;;/h3-4,7-14,17,19-21H,2,5-6,15-16H2,1H3,(H,31,33);2*1H. The number of benzene rings is 2. The minimum atomic E-state index is -0.188. The molecule has 4 aromatic rings. The second-order valence-electron chi connectivity index (χ2n) is 9.54. The number of rotatable bonds is 4. The van der Waals surface area contributed by atoms with Gasteiger partial charge in [0.25, 0.3) is 5.91 Å². The molecule has 1 amide bonds. The number of carbonyl (C=O) groups is 1. The SMILES string of the molecule is CN1C2CCCC1CC(c1cccc(NC(=O)c3cccc4ocnc34)c1-c1ccncc1)C2.Cl.Cl. The molecule has 0 spiro atoms. The fourth-order valence-electron chi connectivity index (χ4n) is 5.98. The minimum absolute atomic E-state index is 0. The quantitative estimate of drug-likeness (QED) is 0.321. The van der Waals surface area contributed by atoms with Gasteiger partial charge in [-0.25, -0.2) is 4.98 Å². The van der Waals surface area contributed by atoms with Crippen molar-refractivity contribution in [1.29, 1.82) is 0 Å². The van der Waals surface area contributed by atoms with Crippen LogP contribution in [-0.2, 0) is 0 Å². The molecule has 2 aliphatic heterocycles. The molecular formula is C28H30Cl2N4O2. The molecule has 1 N–H and O–H groups in total. The topological polar surface area (TPSA) is 71.3 Å². The number of halogens is 2. The van der Waals surface area contributed by atoms with Crippen LogP contribution < -0.4 is 5.32 Å². The number of nitrogens with one attached hydrogen (secondary N) is 1. The summed E-state index contributed by atoms with van der Waals surface area (Å²) in [5.41, 5.74) is 5.99. The van der Waals surface area contributed by atoms with Gasteiger partial charge in [-0.3, -0.25) is 9.78 Å². The lowest BCUT2D eigenvalue weighted by atomic mass is 9.74. The highest BCUT2D eigenvalue weighted by molar-refractivity contribution is 6.12. The summed E-state index contributed by atoms with van der Waals surface area (Å²) < 4.78 is 5.39. The fourth-order valence-corrected chi connectivity index (χ4v) is 5.98. The summed E-state index contributed by atoms with van der Waals surface area (Å²) in [5, 5.41) is 3.19. The molecule has 4 heterocycles. The zero-order valence-corrected chi connectivity index (χ0v) is 21.7. The number of hydrogen-bond acceptors (Lipinski definition) is 5. The van der Waals surface area contributed by atoms with Crippen LogP contribution in [-0.4, -0.2) is 39.9 Å². The molecule has 0 radical (unpaired) electrons. The minimum Gasteiger partial charge on any atom is -0.443 e. The summed E-state index contributed by atoms with van der Waals surface area (Å²) >= 11 is 0. The van der Waals surface area contributed by atoms with Crippen LogP contribution in [0.5, 0.6) is 0 Å². The van der Waals surface area contributed by atoms with Gasteiger partial charge in [0.2, 0.25) is 0 Å². The monoisotopic (exact) mass is 524 g/mol. The number of pyridine rings is 1. The first kappa shape index (κ1) is 26.1. The van der Waals surface area contributed by atoms with E-state index in [2.05, 4.69) is 39.4 Å². The third-order valence-electron chi connectivity index (χ3n) is 7.70. The number of nitrogens with zero attached hydrogens (tertiary/aromatic N) is 3. The van der Waals surface area contributed by atoms with Crippen molar-refractivity contribution < 1.29 is 9.21 Å². The second-order valence-corrected chi connectivity index (χ2v) is 9.54. The zero-order valence-electron chi connectivity index (χ0n) is 20.1. The van der Waals surface area contributed by atoms with E-state index in [1.165, 1.54) is 31.2 Å². The van der Waals surface area contributed by atoms with E-state index in [0.717, 1.165) is 29.7 Å². The van der Waals surface area contributed by atoms with Crippen molar-refractivity contribution in [3.05, 3.63) is 78.4 Å². The summed E-state index contributed by atoms with van der Waals surface area (Å²) in [6.07, 6.45) is 11.2. The van der Waals surface area contributed by atoms with Gasteiger partial charge in [0, 0.05) is 35.7 Å². The Morgan fingerprint density at radius 1 is 1.00 bits per heavy atom. The highest BCUT2D eigenvalue weighted by Crippen LogP contribution is 2.45. The molecule has 2 unspecified atom stereocenters. The number of para-hydroxylation sites is 1. The van der Waals surface area contributed by atoms with Gasteiger partial charge in [0.1, 0.15) is 5.52 Å². The fraction of sp³-hybridized carbons (Fsp3) is 0.321. The van der Waals surface area contributed by atoms with Crippen LogP contribution in [0.4, 0.5) is 5.69 Å². The van der Waals surface area contributed by atoms with Crippen molar-refractivity contribution in [2.75, 3.05) is 12.4 Å². The molecule has 2 aliphatic rings. The van der Waals surface area contributed by atoms with E-state index in [0.29, 0.717) is 34.7 Å². The van der Waals surface area contributed by atoms with Crippen LogP contribution >= 0.6 is 24.8 Å². The summed E-state index contributed by atoms with van der Waals surface area (Å²) in [4.78, 5) is 24.5. The third-order valence-corrected chi connectivity index (χ3v) is 7.70. The number of hydrogen-bond donors (Lipinski definition) is 1. The maximum Gasteiger partial charge on any atom is 0.258 e. The van der Waals surface area contributed by atoms with Crippen LogP contribution in [0.2, 0.25) is 0 Å². The van der Waals surface area contributed by atoms with Gasteiger partial charge in [0.05, 0.1) is 5.56 Å². The Morgan fingerprint density at radius 2 is 1.72 bits per heavy atom. The van der Waals surface area contributed by atoms with Gasteiger partial charge < -0.3 is 14.6 Å². The second kappa shape index (κ2) is 11.0. The Balaban J connectivity index is 0.00000152. The van der Waals surface area contributed by atoms with Crippen LogP contribution in [0.3, 0.4) is 0 Å². The van der Waals surface area contributed by atoms with E-state index >= 15 is 0 Å². The Labute approximate surface area is 223 Å². The lowest BCUT2D eigenvalue weighted by molar-refractivity contribution is 0.0556. The highest BCUT2D eigenvalue weighted by Gasteiger charge is 2.37. The van der Waals surface area contributed by atoms with Gasteiger partial charge in [-0.2, -0.15) is 0 Å². The molecule has 188 valence electrons. The smallest absolute Gasteiger partial charge is 0.258 e. The first-order chi connectivity index (χ1) is 16.7. The van der Waals surface area contributed by atoms with Crippen LogP contribution in [0.25, 0.3) is 22.2 Å². The van der Waals surface area contributed by atoms with Crippen LogP contribution in [0, 0.1) is 0 Å². The number of oxazole rings is 1. The van der Waals surface area contributed by atoms with E-state index in [9.17, 15) is 4.79 Å². The Morgan fingerprint density at radius 3 is 2.47 bits per heavy atom. The molecule has 2 fully saturated rings. The Hall–Kier alpha value is -2.93. The zero-order chi connectivity index (χ0) is 23.1. The van der Waals surface area contributed by atoms with Crippen molar-refractivity contribution >= 4 is 47.5 Å². The number of fused-ring (bicyclic) bond motifs is 3. The summed E-state index contributed by atoms with van der Waals surface area (Å²) in [6, 6.07) is 17.1. The molecule has 6 nitrogen and oxygen atoms in total. The molecule has 6 rings (SSSR count). The van der Waals surface area contributed by atoms with Gasteiger partial charge >= 0.3 is 0 Å². The van der Waals surface area contributed by atoms with E-state index in [4.69, 9.17) is 4.42 Å². The lowest BCUT2D eigenvalue weighted by Gasteiger charge is -2.47. The molecule has 0 aliphatic carbocycles. The maximum atomic E-state index is 13.4. The largest absolute Gasteiger partial charge is 0.443 e. The summed E-state index contributed by atoms with van der Waals surface area (Å²) in [7, 11) is 2.29. The highest BCUT2D eigenvalue weighted by atomic mass is 35.5. The number of aromatic nitrogens is 2. The molecule has 2 saturated heterocycles. The van der Waals surface area contributed by atoms with Crippen molar-refractivity contribution in [2.24, 2.45) is 0 Å². The van der Waals surface area contributed by atoms with Gasteiger partial charge in [-0.05, 0) is 80.1 Å². The van der Waals surface area contributed by atoms with Crippen molar-refractivity contribution in [3.63, 3.8) is 0 Å². The van der Waals surface area contributed by atoms with E-state index in [1.54, 1.807) is 6.07 Å². The third kappa shape index (κ3) is 4.73. The molecule has 2 aromatic heterocycles. The average molecular weight is 525 g/mol. The van der Waals surface area contributed by atoms with Crippen LogP contribution in [0.15, 0.2) is 71.7 Å². The van der Waals surface area contributed by atoms with Gasteiger partial charge in [0.15, 0.2) is 12.0 Å². The first-order valence-electron chi connectivity index (χ1n) is 12.1. The van der Waals surface area contributed by atoms with Gasteiger partial charge in [-0.15, -0.1) is 24.8 Å². The first-order valence-corrected chi connectivity index (χ1v) is 12.1.